The predicted molar refractivity (Wildman–Crippen MR) is 75.4 cm³/mol. The summed E-state index contributed by atoms with van der Waals surface area (Å²) in [6.45, 7) is 5.13. The van der Waals surface area contributed by atoms with Gasteiger partial charge in [0.1, 0.15) is 18.5 Å². The van der Waals surface area contributed by atoms with Crippen molar-refractivity contribution < 1.29 is 13.9 Å². The van der Waals surface area contributed by atoms with Gasteiger partial charge in [-0.2, -0.15) is 0 Å². The van der Waals surface area contributed by atoms with Crippen molar-refractivity contribution in [2.75, 3.05) is 13.2 Å². The summed E-state index contributed by atoms with van der Waals surface area (Å²) in [4.78, 5) is 12.0. The summed E-state index contributed by atoms with van der Waals surface area (Å²) in [5, 5.41) is 0.860. The molecule has 1 heterocycles. The molecule has 0 N–H and O–H groups in total. The molecule has 0 radical (unpaired) electrons. The quantitative estimate of drug-likeness (QED) is 0.556. The Labute approximate surface area is 113 Å². The molecule has 3 heteroatoms. The Morgan fingerprint density at radius 3 is 2.89 bits per heavy atom. The first kappa shape index (κ1) is 13.8. The molecule has 0 aliphatic rings. The van der Waals surface area contributed by atoms with Gasteiger partial charge < -0.3 is 9.15 Å². The maximum Gasteiger partial charge on any atom is 0.192 e. The van der Waals surface area contributed by atoms with Gasteiger partial charge in [0.2, 0.25) is 0 Å². The summed E-state index contributed by atoms with van der Waals surface area (Å²) in [6.07, 6.45) is 3.64. The molecule has 0 bridgehead atoms. The zero-order chi connectivity index (χ0) is 13.7. The number of ketones is 1. The highest BCUT2D eigenvalue weighted by Crippen LogP contribution is 2.21. The molecule has 0 fully saturated rings. The molecule has 0 amide bonds. The third-order valence-electron chi connectivity index (χ3n) is 3.08. The van der Waals surface area contributed by atoms with Crippen LogP contribution in [-0.2, 0) is 4.74 Å². The van der Waals surface area contributed by atoms with Crippen LogP contribution in [0.25, 0.3) is 11.0 Å². The van der Waals surface area contributed by atoms with Crippen molar-refractivity contribution >= 4 is 16.8 Å². The lowest BCUT2D eigenvalue weighted by Gasteiger charge is -2.05. The highest BCUT2D eigenvalue weighted by atomic mass is 16.5. The van der Waals surface area contributed by atoms with Crippen LogP contribution in [0.1, 0.15) is 37.0 Å². The van der Waals surface area contributed by atoms with Crippen molar-refractivity contribution in [1.82, 2.24) is 0 Å². The van der Waals surface area contributed by atoms with E-state index < -0.39 is 0 Å². The van der Waals surface area contributed by atoms with Crippen molar-refractivity contribution in [3.63, 3.8) is 0 Å². The molecule has 2 aromatic rings. The number of Topliss-reactive ketones (excluding diaryl/α,β-unsaturated/α-hetero) is 1. The normalized spacial score (nSPS) is 11.3. The number of hydrogen-bond acceptors (Lipinski definition) is 3. The Bertz CT molecular complexity index is 540. The Morgan fingerprint density at radius 1 is 1.32 bits per heavy atom. The van der Waals surface area contributed by atoms with Crippen LogP contribution in [0.15, 0.2) is 34.9 Å². The number of benzene rings is 1. The average Bonchev–Trinajstić information content (AvgIpc) is 2.81. The number of para-hydroxylation sites is 1. The minimum atomic E-state index is -0.0190. The lowest BCUT2D eigenvalue weighted by molar-refractivity contribution is 0.0750. The molecule has 0 unspecified atom stereocenters. The molecule has 0 spiro atoms. The van der Waals surface area contributed by atoms with E-state index in [0.29, 0.717) is 18.1 Å². The maximum atomic E-state index is 12.0. The average molecular weight is 260 g/mol. The lowest BCUT2D eigenvalue weighted by atomic mass is 10.1. The van der Waals surface area contributed by atoms with Crippen LogP contribution < -0.4 is 0 Å². The molecule has 102 valence electrons. The predicted octanol–water partition coefficient (Wildman–Crippen LogP) is 4.07. The zero-order valence-electron chi connectivity index (χ0n) is 11.5. The Kier molecular flexibility index (Phi) is 4.74. The highest BCUT2D eigenvalue weighted by molar-refractivity contribution is 6.07. The first-order valence-electron chi connectivity index (χ1n) is 6.75. The van der Waals surface area contributed by atoms with Crippen molar-refractivity contribution in [1.29, 1.82) is 0 Å². The van der Waals surface area contributed by atoms with Gasteiger partial charge in [0, 0.05) is 12.0 Å². The van der Waals surface area contributed by atoms with Crippen LogP contribution in [0.4, 0.5) is 0 Å². The van der Waals surface area contributed by atoms with Gasteiger partial charge in [-0.3, -0.25) is 4.79 Å². The van der Waals surface area contributed by atoms with Gasteiger partial charge in [-0.05, 0) is 24.8 Å². The number of ether oxygens (including phenoxy) is 1. The second-order valence-electron chi connectivity index (χ2n) is 5.16. The fourth-order valence-corrected chi connectivity index (χ4v) is 2.03. The second-order valence-corrected chi connectivity index (χ2v) is 5.16. The summed E-state index contributed by atoms with van der Waals surface area (Å²) in [7, 11) is 0. The van der Waals surface area contributed by atoms with E-state index in [1.165, 1.54) is 6.26 Å². The van der Waals surface area contributed by atoms with E-state index in [0.717, 1.165) is 23.8 Å². The smallest absolute Gasteiger partial charge is 0.192 e. The minimum Gasteiger partial charge on any atom is -0.464 e. The molecule has 3 nitrogen and oxygen atoms in total. The van der Waals surface area contributed by atoms with Crippen molar-refractivity contribution in [2.24, 2.45) is 5.92 Å². The van der Waals surface area contributed by atoms with Gasteiger partial charge >= 0.3 is 0 Å². The van der Waals surface area contributed by atoms with Gasteiger partial charge in [0.25, 0.3) is 0 Å². The molecule has 0 aliphatic heterocycles. The van der Waals surface area contributed by atoms with E-state index in [1.807, 2.05) is 24.3 Å². The summed E-state index contributed by atoms with van der Waals surface area (Å²) < 4.78 is 10.8. The van der Waals surface area contributed by atoms with Crippen molar-refractivity contribution in [2.45, 2.75) is 26.7 Å². The molecule has 1 aromatic carbocycles. The number of rotatable bonds is 7. The maximum absolute atomic E-state index is 12.0. The topological polar surface area (TPSA) is 39.4 Å². The molecule has 0 saturated heterocycles. The summed E-state index contributed by atoms with van der Waals surface area (Å²) in [5.41, 5.74) is 1.35. The van der Waals surface area contributed by atoms with Crippen LogP contribution in [0.5, 0.6) is 0 Å². The second kappa shape index (κ2) is 6.53. The van der Waals surface area contributed by atoms with Crippen LogP contribution in [0.3, 0.4) is 0 Å². The van der Waals surface area contributed by atoms with Crippen molar-refractivity contribution in [3.05, 3.63) is 36.1 Å². The van der Waals surface area contributed by atoms with E-state index in [2.05, 4.69) is 13.8 Å². The van der Waals surface area contributed by atoms with E-state index in [1.54, 1.807) is 0 Å². The van der Waals surface area contributed by atoms with Crippen molar-refractivity contribution in [3.8, 4) is 0 Å². The third kappa shape index (κ3) is 3.67. The SMILES string of the molecule is CC(C)CCCOCC(=O)c1coc2ccccc12. The van der Waals surface area contributed by atoms with E-state index in [-0.39, 0.29) is 12.4 Å². The molecule has 0 atom stereocenters. The fraction of sp³-hybridized carbons (Fsp3) is 0.438. The number of carbonyl (C=O) groups is 1. The first-order valence-corrected chi connectivity index (χ1v) is 6.75. The molecule has 0 saturated carbocycles. The molecule has 19 heavy (non-hydrogen) atoms. The van der Waals surface area contributed by atoms with Gasteiger partial charge in [-0.25, -0.2) is 0 Å². The lowest BCUT2D eigenvalue weighted by Crippen LogP contribution is -2.09. The van der Waals surface area contributed by atoms with Crippen LogP contribution >= 0.6 is 0 Å². The van der Waals surface area contributed by atoms with E-state index in [4.69, 9.17) is 9.15 Å². The summed E-state index contributed by atoms with van der Waals surface area (Å²) in [5.74, 6) is 0.659. The molecule has 1 aromatic heterocycles. The molecule has 0 aliphatic carbocycles. The highest BCUT2D eigenvalue weighted by Gasteiger charge is 2.13. The number of fused-ring (bicyclic) bond motifs is 1. The first-order chi connectivity index (χ1) is 9.18. The number of furan rings is 1. The van der Waals surface area contributed by atoms with Gasteiger partial charge in [-0.15, -0.1) is 0 Å². The molecular formula is C16H20O3. The number of hydrogen-bond donors (Lipinski definition) is 0. The minimum absolute atomic E-state index is 0.0190. The van der Waals surface area contributed by atoms with E-state index in [9.17, 15) is 4.79 Å². The zero-order valence-corrected chi connectivity index (χ0v) is 11.5. The fourth-order valence-electron chi connectivity index (χ4n) is 2.03. The Hall–Kier alpha value is -1.61. The standard InChI is InChI=1S/C16H20O3/c1-12(2)6-5-9-18-11-15(17)14-10-19-16-8-4-3-7-13(14)16/h3-4,7-8,10,12H,5-6,9,11H2,1-2H3. The van der Waals surface area contributed by atoms with Gasteiger partial charge in [0.15, 0.2) is 5.78 Å². The monoisotopic (exact) mass is 260 g/mol. The van der Waals surface area contributed by atoms with E-state index >= 15 is 0 Å². The summed E-state index contributed by atoms with van der Waals surface area (Å²) >= 11 is 0. The molecular weight excluding hydrogens is 240 g/mol. The van der Waals surface area contributed by atoms with Crippen LogP contribution in [-0.4, -0.2) is 19.0 Å². The third-order valence-corrected chi connectivity index (χ3v) is 3.08. The van der Waals surface area contributed by atoms with Gasteiger partial charge in [-0.1, -0.05) is 32.0 Å². The Morgan fingerprint density at radius 2 is 2.11 bits per heavy atom. The van der Waals surface area contributed by atoms with Crippen LogP contribution in [0.2, 0.25) is 0 Å². The van der Waals surface area contributed by atoms with Gasteiger partial charge in [0.05, 0.1) is 5.56 Å². The number of carbonyl (C=O) groups excluding carboxylic acids is 1. The molecule has 2 rings (SSSR count). The summed E-state index contributed by atoms with van der Waals surface area (Å²) in [6, 6.07) is 7.54. The Balaban J connectivity index is 1.86. The van der Waals surface area contributed by atoms with Crippen LogP contribution in [0, 0.1) is 5.92 Å². The largest absolute Gasteiger partial charge is 0.464 e.